The van der Waals surface area contributed by atoms with Crippen molar-refractivity contribution in [3.63, 3.8) is 0 Å². The summed E-state index contributed by atoms with van der Waals surface area (Å²) in [6.07, 6.45) is 0.634. The molecule has 3 rings (SSSR count). The van der Waals surface area contributed by atoms with Crippen LogP contribution in [0.2, 0.25) is 0 Å². The fourth-order valence-electron chi connectivity index (χ4n) is 3.05. The summed E-state index contributed by atoms with van der Waals surface area (Å²) in [5.41, 5.74) is 1.33. The van der Waals surface area contributed by atoms with Crippen molar-refractivity contribution in [3.8, 4) is 11.5 Å². The Kier molecular flexibility index (Phi) is 6.61. The number of nitrogens with one attached hydrogen (secondary N) is 1. The minimum atomic E-state index is -0.375. The molecular formula is C21H25N5O4. The zero-order chi connectivity index (χ0) is 21.7. The van der Waals surface area contributed by atoms with E-state index in [1.807, 2.05) is 13.8 Å². The predicted molar refractivity (Wildman–Crippen MR) is 113 cm³/mol. The normalized spacial score (nSPS) is 16.0. The van der Waals surface area contributed by atoms with Crippen molar-refractivity contribution in [1.82, 2.24) is 9.78 Å². The Morgan fingerprint density at radius 2 is 1.77 bits per heavy atom. The van der Waals surface area contributed by atoms with Crippen LogP contribution in [-0.4, -0.2) is 46.5 Å². The van der Waals surface area contributed by atoms with Crippen LogP contribution in [-0.2, 0) is 9.59 Å². The molecule has 1 N–H and O–H groups in total. The van der Waals surface area contributed by atoms with E-state index in [-0.39, 0.29) is 30.3 Å². The highest BCUT2D eigenvalue weighted by atomic mass is 16.5. The quantitative estimate of drug-likeness (QED) is 0.754. The monoisotopic (exact) mass is 411 g/mol. The molecule has 2 amide bonds. The SMILES string of the molecule is CCOc1ccc(OCC(=O)Nc2cc(C)nn2C2=NC(=O)C(CC)C(C)=N2)cc1. The molecule has 0 spiro atoms. The first kappa shape index (κ1) is 21.2. The standard InChI is InChI=1S/C21H25N5O4/c1-5-17-14(4)22-21(24-20(17)28)26-18(11-13(3)25-26)23-19(27)12-30-16-9-7-15(8-10-16)29-6-2/h7-11,17H,5-6,12H2,1-4H3,(H,23,27). The molecule has 30 heavy (non-hydrogen) atoms. The maximum atomic E-state index is 12.4. The first-order valence-electron chi connectivity index (χ1n) is 9.81. The second kappa shape index (κ2) is 9.34. The lowest BCUT2D eigenvalue weighted by molar-refractivity contribution is -0.120. The predicted octanol–water partition coefficient (Wildman–Crippen LogP) is 2.84. The minimum Gasteiger partial charge on any atom is -0.494 e. The highest BCUT2D eigenvalue weighted by molar-refractivity contribution is 6.15. The van der Waals surface area contributed by atoms with E-state index in [0.717, 1.165) is 5.75 Å². The zero-order valence-corrected chi connectivity index (χ0v) is 17.5. The van der Waals surface area contributed by atoms with Gasteiger partial charge in [0.2, 0.25) is 0 Å². The van der Waals surface area contributed by atoms with Gasteiger partial charge in [0.25, 0.3) is 17.8 Å². The first-order valence-corrected chi connectivity index (χ1v) is 9.81. The van der Waals surface area contributed by atoms with Gasteiger partial charge in [0.1, 0.15) is 17.3 Å². The van der Waals surface area contributed by atoms with E-state index in [2.05, 4.69) is 20.4 Å². The summed E-state index contributed by atoms with van der Waals surface area (Å²) in [4.78, 5) is 33.1. The van der Waals surface area contributed by atoms with Crippen LogP contribution in [0.25, 0.3) is 0 Å². The summed E-state index contributed by atoms with van der Waals surface area (Å²) in [7, 11) is 0. The average molecular weight is 411 g/mol. The number of anilines is 1. The van der Waals surface area contributed by atoms with Crippen LogP contribution in [0.1, 0.15) is 32.9 Å². The van der Waals surface area contributed by atoms with E-state index >= 15 is 0 Å². The Hall–Kier alpha value is -3.49. The lowest BCUT2D eigenvalue weighted by Gasteiger charge is -2.17. The summed E-state index contributed by atoms with van der Waals surface area (Å²) in [6, 6.07) is 8.69. The number of ether oxygens (including phenoxy) is 2. The molecule has 0 saturated carbocycles. The maximum absolute atomic E-state index is 12.4. The number of aromatic nitrogens is 2. The van der Waals surface area contributed by atoms with Crippen LogP contribution in [0.3, 0.4) is 0 Å². The van der Waals surface area contributed by atoms with Crippen molar-refractivity contribution < 1.29 is 19.1 Å². The molecule has 1 atom stereocenters. The number of rotatable bonds is 7. The van der Waals surface area contributed by atoms with Crippen LogP contribution < -0.4 is 14.8 Å². The molecule has 158 valence electrons. The molecule has 1 aliphatic heterocycles. The number of hydrogen-bond acceptors (Lipinski definition) is 6. The van der Waals surface area contributed by atoms with Gasteiger partial charge in [-0.05, 0) is 51.5 Å². The Balaban J connectivity index is 1.67. The molecule has 2 aromatic rings. The van der Waals surface area contributed by atoms with Gasteiger partial charge in [0.15, 0.2) is 6.61 Å². The molecular weight excluding hydrogens is 386 g/mol. The van der Waals surface area contributed by atoms with E-state index < -0.39 is 0 Å². The van der Waals surface area contributed by atoms with Crippen molar-refractivity contribution in [1.29, 1.82) is 0 Å². The third-order valence-electron chi connectivity index (χ3n) is 4.49. The second-order valence-corrected chi connectivity index (χ2v) is 6.79. The summed E-state index contributed by atoms with van der Waals surface area (Å²) >= 11 is 0. The van der Waals surface area contributed by atoms with Crippen LogP contribution in [0.4, 0.5) is 5.82 Å². The van der Waals surface area contributed by atoms with E-state index in [4.69, 9.17) is 9.47 Å². The maximum Gasteiger partial charge on any atom is 0.263 e. The van der Waals surface area contributed by atoms with E-state index in [0.29, 0.717) is 36.0 Å². The highest BCUT2D eigenvalue weighted by Gasteiger charge is 2.26. The van der Waals surface area contributed by atoms with Gasteiger partial charge in [-0.2, -0.15) is 14.8 Å². The molecule has 1 aromatic heterocycles. The van der Waals surface area contributed by atoms with Crippen molar-refractivity contribution in [2.24, 2.45) is 15.9 Å². The lowest BCUT2D eigenvalue weighted by atomic mass is 10.00. The van der Waals surface area contributed by atoms with Gasteiger partial charge in [-0.3, -0.25) is 9.59 Å². The molecule has 0 radical (unpaired) electrons. The summed E-state index contributed by atoms with van der Waals surface area (Å²) in [5, 5.41) is 7.05. The number of aryl methyl sites for hydroxylation is 1. The molecule has 1 unspecified atom stereocenters. The Morgan fingerprint density at radius 3 is 2.37 bits per heavy atom. The van der Waals surface area contributed by atoms with E-state index in [1.54, 1.807) is 44.2 Å². The first-order chi connectivity index (χ1) is 14.4. The Labute approximate surface area is 174 Å². The largest absolute Gasteiger partial charge is 0.494 e. The van der Waals surface area contributed by atoms with Crippen molar-refractivity contribution in [2.45, 2.75) is 34.1 Å². The fourth-order valence-corrected chi connectivity index (χ4v) is 3.05. The topological polar surface area (TPSA) is 107 Å². The Bertz CT molecular complexity index is 991. The van der Waals surface area contributed by atoms with Crippen molar-refractivity contribution in [3.05, 3.63) is 36.0 Å². The Morgan fingerprint density at radius 1 is 1.10 bits per heavy atom. The van der Waals surface area contributed by atoms with Gasteiger partial charge in [-0.1, -0.05) is 6.92 Å². The highest BCUT2D eigenvalue weighted by Crippen LogP contribution is 2.19. The third kappa shape index (κ3) is 4.91. The van der Waals surface area contributed by atoms with Crippen molar-refractivity contribution in [2.75, 3.05) is 18.5 Å². The fraction of sp³-hybridized carbons (Fsp3) is 0.381. The smallest absolute Gasteiger partial charge is 0.263 e. The van der Waals surface area contributed by atoms with Gasteiger partial charge in [0.05, 0.1) is 18.2 Å². The van der Waals surface area contributed by atoms with Crippen molar-refractivity contribution >= 4 is 29.3 Å². The minimum absolute atomic E-state index is 0.137. The van der Waals surface area contributed by atoms with Crippen LogP contribution >= 0.6 is 0 Å². The van der Waals surface area contributed by atoms with Crippen LogP contribution in [0.15, 0.2) is 40.3 Å². The van der Waals surface area contributed by atoms with E-state index in [1.165, 1.54) is 4.68 Å². The zero-order valence-electron chi connectivity index (χ0n) is 17.5. The number of hydrogen-bond donors (Lipinski definition) is 1. The van der Waals surface area contributed by atoms with Gasteiger partial charge < -0.3 is 14.8 Å². The summed E-state index contributed by atoms with van der Waals surface area (Å²) in [6.45, 7) is 7.78. The molecule has 0 aliphatic carbocycles. The number of nitrogens with zero attached hydrogens (tertiary/aromatic N) is 4. The molecule has 9 nitrogen and oxygen atoms in total. The molecule has 0 fully saturated rings. The molecule has 1 aromatic carbocycles. The van der Waals surface area contributed by atoms with Gasteiger partial charge >= 0.3 is 0 Å². The molecule has 0 bridgehead atoms. The third-order valence-corrected chi connectivity index (χ3v) is 4.49. The second-order valence-electron chi connectivity index (χ2n) is 6.79. The lowest BCUT2D eigenvalue weighted by Crippen LogP contribution is -2.30. The molecule has 0 saturated heterocycles. The number of carbonyl (C=O) groups excluding carboxylic acids is 2. The summed E-state index contributed by atoms with van der Waals surface area (Å²) in [5.74, 6) is 0.836. The average Bonchev–Trinajstić information content (AvgIpc) is 3.07. The van der Waals surface area contributed by atoms with Crippen LogP contribution in [0, 0.1) is 12.8 Å². The molecule has 1 aliphatic rings. The van der Waals surface area contributed by atoms with Gasteiger partial charge in [-0.15, -0.1) is 0 Å². The van der Waals surface area contributed by atoms with Crippen LogP contribution in [0.5, 0.6) is 11.5 Å². The number of amides is 2. The van der Waals surface area contributed by atoms with Gasteiger partial charge in [0, 0.05) is 11.8 Å². The number of aliphatic imine (C=N–C) groups is 2. The molecule has 2 heterocycles. The number of carbonyl (C=O) groups is 2. The summed E-state index contributed by atoms with van der Waals surface area (Å²) < 4.78 is 12.3. The van der Waals surface area contributed by atoms with E-state index in [9.17, 15) is 9.59 Å². The molecule has 9 heteroatoms. The number of benzene rings is 1. The van der Waals surface area contributed by atoms with Gasteiger partial charge in [-0.25, -0.2) is 4.99 Å².